The van der Waals surface area contributed by atoms with Crippen LogP contribution >= 0.6 is 0 Å². The molecule has 0 aliphatic heterocycles. The largest absolute Gasteiger partial charge is 0.481 e. The lowest BCUT2D eigenvalue weighted by Gasteiger charge is -2.08. The molecule has 2 N–H and O–H groups in total. The predicted octanol–water partition coefficient (Wildman–Crippen LogP) is 1.45. The van der Waals surface area contributed by atoms with Gasteiger partial charge in [-0.1, -0.05) is 6.07 Å². The number of hydrogen-bond donors (Lipinski definition) is 2. The topological polar surface area (TPSA) is 83.5 Å². The molecule has 0 unspecified atom stereocenters. The SMILES string of the molecule is Cc1cc(C)cc(S(=O)(=O)NCCCC(=O)O)c1. The van der Waals surface area contributed by atoms with Gasteiger partial charge in [0.2, 0.25) is 10.0 Å². The molecule has 0 heterocycles. The van der Waals surface area contributed by atoms with Crippen molar-refractivity contribution in [2.75, 3.05) is 6.54 Å². The summed E-state index contributed by atoms with van der Waals surface area (Å²) in [6.45, 7) is 3.79. The zero-order chi connectivity index (χ0) is 13.8. The molecule has 0 aromatic heterocycles. The number of nitrogens with one attached hydrogen (secondary N) is 1. The van der Waals surface area contributed by atoms with Crippen molar-refractivity contribution in [3.05, 3.63) is 29.3 Å². The minimum absolute atomic E-state index is 0.0463. The van der Waals surface area contributed by atoms with Crippen LogP contribution in [0.2, 0.25) is 0 Å². The van der Waals surface area contributed by atoms with Crippen LogP contribution in [0, 0.1) is 13.8 Å². The van der Waals surface area contributed by atoms with Gasteiger partial charge in [0.25, 0.3) is 0 Å². The second kappa shape index (κ2) is 5.97. The molecule has 5 nitrogen and oxygen atoms in total. The van der Waals surface area contributed by atoms with Crippen molar-refractivity contribution in [1.82, 2.24) is 4.72 Å². The van der Waals surface area contributed by atoms with E-state index in [1.165, 1.54) is 0 Å². The smallest absolute Gasteiger partial charge is 0.303 e. The normalized spacial score (nSPS) is 11.4. The third-order valence-electron chi connectivity index (χ3n) is 2.37. The third kappa shape index (κ3) is 4.46. The third-order valence-corrected chi connectivity index (χ3v) is 3.81. The fourth-order valence-corrected chi connectivity index (χ4v) is 2.88. The number of hydrogen-bond acceptors (Lipinski definition) is 3. The fraction of sp³-hybridized carbons (Fsp3) is 0.417. The van der Waals surface area contributed by atoms with Crippen molar-refractivity contribution in [3.63, 3.8) is 0 Å². The summed E-state index contributed by atoms with van der Waals surface area (Å²) in [5, 5.41) is 8.46. The van der Waals surface area contributed by atoms with E-state index in [4.69, 9.17) is 5.11 Å². The summed E-state index contributed by atoms with van der Waals surface area (Å²) in [7, 11) is -3.55. The van der Waals surface area contributed by atoms with Gasteiger partial charge < -0.3 is 5.11 Å². The number of carboxylic acids is 1. The van der Waals surface area contributed by atoms with Crippen molar-refractivity contribution in [1.29, 1.82) is 0 Å². The first-order chi connectivity index (χ1) is 8.31. The van der Waals surface area contributed by atoms with Crippen molar-refractivity contribution < 1.29 is 18.3 Å². The lowest BCUT2D eigenvalue weighted by Crippen LogP contribution is -2.25. The van der Waals surface area contributed by atoms with E-state index in [1.54, 1.807) is 12.1 Å². The van der Waals surface area contributed by atoms with Crippen molar-refractivity contribution in [2.24, 2.45) is 0 Å². The van der Waals surface area contributed by atoms with Crippen LogP contribution in [0.25, 0.3) is 0 Å². The molecule has 1 rings (SSSR count). The Hall–Kier alpha value is -1.40. The Bertz CT molecular complexity index is 517. The van der Waals surface area contributed by atoms with E-state index >= 15 is 0 Å². The first-order valence-electron chi connectivity index (χ1n) is 5.61. The molecule has 0 bridgehead atoms. The number of carboxylic acid groups (broad SMARTS) is 1. The maximum Gasteiger partial charge on any atom is 0.303 e. The Morgan fingerprint density at radius 3 is 2.28 bits per heavy atom. The molecule has 0 aliphatic carbocycles. The van der Waals surface area contributed by atoms with Gasteiger partial charge in [0, 0.05) is 13.0 Å². The van der Waals surface area contributed by atoms with Crippen LogP contribution in [0.3, 0.4) is 0 Å². The van der Waals surface area contributed by atoms with E-state index in [2.05, 4.69) is 4.72 Å². The highest BCUT2D eigenvalue weighted by atomic mass is 32.2. The van der Waals surface area contributed by atoms with Crippen molar-refractivity contribution in [3.8, 4) is 0 Å². The highest BCUT2D eigenvalue weighted by Crippen LogP contribution is 2.14. The standard InChI is InChI=1S/C12H17NO4S/c1-9-6-10(2)8-11(7-9)18(16,17)13-5-3-4-12(14)15/h6-8,13H,3-5H2,1-2H3,(H,14,15). The summed E-state index contributed by atoms with van der Waals surface area (Å²) in [4.78, 5) is 10.5. The van der Waals surface area contributed by atoms with Gasteiger partial charge in [-0.2, -0.15) is 0 Å². The molecule has 18 heavy (non-hydrogen) atoms. The van der Waals surface area contributed by atoms with Gasteiger partial charge >= 0.3 is 5.97 Å². The van der Waals surface area contributed by atoms with E-state index < -0.39 is 16.0 Å². The Morgan fingerprint density at radius 2 is 1.78 bits per heavy atom. The monoisotopic (exact) mass is 271 g/mol. The van der Waals surface area contributed by atoms with Gasteiger partial charge in [-0.05, 0) is 43.5 Å². The minimum atomic E-state index is -3.55. The summed E-state index contributed by atoms with van der Waals surface area (Å²) in [6.07, 6.45) is 0.231. The van der Waals surface area contributed by atoms with Crippen LogP contribution in [0.5, 0.6) is 0 Å². The van der Waals surface area contributed by atoms with E-state index in [1.807, 2.05) is 19.9 Å². The van der Waals surface area contributed by atoms with Crippen LogP contribution in [0.4, 0.5) is 0 Å². The molecular formula is C12H17NO4S. The Kier molecular flexibility index (Phi) is 4.86. The highest BCUT2D eigenvalue weighted by molar-refractivity contribution is 7.89. The van der Waals surface area contributed by atoms with Crippen molar-refractivity contribution in [2.45, 2.75) is 31.6 Å². The second-order valence-corrected chi connectivity index (χ2v) is 5.99. The molecule has 1 aromatic rings. The van der Waals surface area contributed by atoms with E-state index in [0.717, 1.165) is 11.1 Å². The Balaban J connectivity index is 2.71. The Morgan fingerprint density at radius 1 is 1.22 bits per heavy atom. The molecule has 6 heteroatoms. The number of sulfonamides is 1. The van der Waals surface area contributed by atoms with Crippen molar-refractivity contribution >= 4 is 16.0 Å². The molecule has 1 aromatic carbocycles. The molecular weight excluding hydrogens is 254 g/mol. The average molecular weight is 271 g/mol. The number of carbonyl (C=O) groups is 1. The molecule has 0 aliphatic rings. The quantitative estimate of drug-likeness (QED) is 0.767. The summed E-state index contributed by atoms with van der Waals surface area (Å²) < 4.78 is 26.2. The van der Waals surface area contributed by atoms with Crippen LogP contribution in [0.1, 0.15) is 24.0 Å². The summed E-state index contributed by atoms with van der Waals surface area (Å²) in [5.41, 5.74) is 1.75. The maximum atomic E-state index is 11.9. The van der Waals surface area contributed by atoms with Gasteiger partial charge in [0.1, 0.15) is 0 Å². The Labute approximate surface area is 107 Å². The van der Waals surface area contributed by atoms with Gasteiger partial charge in [-0.25, -0.2) is 13.1 Å². The van der Waals surface area contributed by atoms with E-state index in [-0.39, 0.29) is 24.3 Å². The lowest BCUT2D eigenvalue weighted by molar-refractivity contribution is -0.137. The van der Waals surface area contributed by atoms with Crippen LogP contribution < -0.4 is 4.72 Å². The van der Waals surface area contributed by atoms with Gasteiger partial charge in [-0.3, -0.25) is 4.79 Å². The van der Waals surface area contributed by atoms with Gasteiger partial charge in [0.05, 0.1) is 4.90 Å². The molecule has 0 radical (unpaired) electrons. The molecule has 0 saturated heterocycles. The average Bonchev–Trinajstić information content (AvgIpc) is 2.23. The zero-order valence-corrected chi connectivity index (χ0v) is 11.3. The zero-order valence-electron chi connectivity index (χ0n) is 10.4. The summed E-state index contributed by atoms with van der Waals surface area (Å²) in [6, 6.07) is 5.07. The summed E-state index contributed by atoms with van der Waals surface area (Å²) >= 11 is 0. The van der Waals surface area contributed by atoms with Crippen LogP contribution in [0.15, 0.2) is 23.1 Å². The lowest BCUT2D eigenvalue weighted by atomic mass is 10.2. The van der Waals surface area contributed by atoms with E-state index in [9.17, 15) is 13.2 Å². The maximum absolute atomic E-state index is 11.9. The molecule has 100 valence electrons. The van der Waals surface area contributed by atoms with E-state index in [0.29, 0.717) is 0 Å². The summed E-state index contributed by atoms with van der Waals surface area (Å²) in [5.74, 6) is -0.930. The number of aryl methyl sites for hydroxylation is 2. The number of rotatable bonds is 6. The fourth-order valence-electron chi connectivity index (χ4n) is 1.62. The molecule has 0 spiro atoms. The molecule has 0 fully saturated rings. The van der Waals surface area contributed by atoms with Gasteiger partial charge in [0.15, 0.2) is 0 Å². The number of benzene rings is 1. The van der Waals surface area contributed by atoms with Crippen LogP contribution in [-0.4, -0.2) is 26.0 Å². The number of aliphatic carboxylic acids is 1. The molecule has 0 amide bonds. The minimum Gasteiger partial charge on any atom is -0.481 e. The second-order valence-electron chi connectivity index (χ2n) is 4.22. The first-order valence-corrected chi connectivity index (χ1v) is 7.09. The van der Waals surface area contributed by atoms with Gasteiger partial charge in [-0.15, -0.1) is 0 Å². The highest BCUT2D eigenvalue weighted by Gasteiger charge is 2.14. The first kappa shape index (κ1) is 14.7. The predicted molar refractivity (Wildman–Crippen MR) is 68.0 cm³/mol. The molecule has 0 atom stereocenters. The van der Waals surface area contributed by atoms with Crippen LogP contribution in [-0.2, 0) is 14.8 Å². The molecule has 0 saturated carbocycles.